The monoisotopic (exact) mass is 233 g/mol. The Kier molecular flexibility index (Phi) is 4.30. The Labute approximate surface area is 105 Å². The van der Waals surface area contributed by atoms with Crippen LogP contribution in [0.4, 0.5) is 0 Å². The number of aromatic nitrogens is 1. The normalized spacial score (nSPS) is 25.4. The fraction of sp³-hybridized carbons (Fsp3) is 0.786. The van der Waals surface area contributed by atoms with Gasteiger partial charge in [0.15, 0.2) is 0 Å². The van der Waals surface area contributed by atoms with Gasteiger partial charge < -0.3 is 4.52 Å². The Hall–Kier alpha value is -0.725. The molecule has 0 fully saturated rings. The van der Waals surface area contributed by atoms with Gasteiger partial charge in [0.1, 0.15) is 13.0 Å². The van der Waals surface area contributed by atoms with Crippen LogP contribution in [-0.2, 0) is 12.8 Å². The Morgan fingerprint density at radius 2 is 2.24 bits per heavy atom. The lowest BCUT2D eigenvalue weighted by Crippen LogP contribution is -2.10. The van der Waals surface area contributed by atoms with Crippen molar-refractivity contribution in [1.29, 1.82) is 0 Å². The van der Waals surface area contributed by atoms with Crippen molar-refractivity contribution < 1.29 is 4.52 Å². The number of nitrogens with zero attached hydrogens (tertiary/aromatic N) is 1. The second-order valence-electron chi connectivity index (χ2n) is 5.58. The van der Waals surface area contributed by atoms with E-state index in [1.54, 1.807) is 0 Å². The molecule has 2 unspecified atom stereocenters. The number of hydrogen-bond acceptors (Lipinski definition) is 2. The summed E-state index contributed by atoms with van der Waals surface area (Å²) in [6, 6.07) is 0. The minimum Gasteiger partial charge on any atom is -0.361 e. The van der Waals surface area contributed by atoms with Gasteiger partial charge in [-0.05, 0) is 18.3 Å². The molecule has 0 bridgehead atoms. The van der Waals surface area contributed by atoms with Crippen molar-refractivity contribution in [3.63, 3.8) is 0 Å². The summed E-state index contributed by atoms with van der Waals surface area (Å²) in [5.74, 6) is 2.53. The van der Waals surface area contributed by atoms with Gasteiger partial charge in [0.05, 0.1) is 5.69 Å². The Bertz CT molecular complexity index is 361. The standard InChI is InChI=1S/C14H24BNO/c1-4-6-12-14-11(3)10(2)9-15-8-5-7-13(14)17-16-12/h10-11,15H,4-9H2,1-3H3. The summed E-state index contributed by atoms with van der Waals surface area (Å²) in [7, 11) is 1.37. The van der Waals surface area contributed by atoms with Crippen LogP contribution in [0.15, 0.2) is 4.52 Å². The van der Waals surface area contributed by atoms with E-state index in [0.29, 0.717) is 5.92 Å². The first-order valence-electron chi connectivity index (χ1n) is 7.21. The Morgan fingerprint density at radius 1 is 1.41 bits per heavy atom. The van der Waals surface area contributed by atoms with E-state index in [2.05, 4.69) is 25.9 Å². The average Bonchev–Trinajstić information content (AvgIpc) is 2.72. The van der Waals surface area contributed by atoms with Crippen molar-refractivity contribution in [3.8, 4) is 0 Å². The zero-order valence-electron chi connectivity index (χ0n) is 11.5. The first-order chi connectivity index (χ1) is 8.24. The fourth-order valence-electron chi connectivity index (χ4n) is 2.95. The molecule has 0 aromatic carbocycles. The predicted octanol–water partition coefficient (Wildman–Crippen LogP) is 3.59. The van der Waals surface area contributed by atoms with Gasteiger partial charge >= 0.3 is 0 Å². The minimum atomic E-state index is 0.607. The maximum Gasteiger partial charge on any atom is 0.140 e. The highest BCUT2D eigenvalue weighted by Crippen LogP contribution is 2.34. The largest absolute Gasteiger partial charge is 0.361 e. The highest BCUT2D eigenvalue weighted by Gasteiger charge is 2.25. The van der Waals surface area contributed by atoms with Gasteiger partial charge in [0.25, 0.3) is 0 Å². The molecule has 0 aliphatic carbocycles. The SMILES string of the molecule is CCCc1noc2c1C(C)C(C)CBCCC2. The topological polar surface area (TPSA) is 26.0 Å². The van der Waals surface area contributed by atoms with E-state index in [0.717, 1.165) is 25.2 Å². The van der Waals surface area contributed by atoms with E-state index in [4.69, 9.17) is 4.52 Å². The predicted molar refractivity (Wildman–Crippen MR) is 73.2 cm³/mol. The zero-order chi connectivity index (χ0) is 12.3. The van der Waals surface area contributed by atoms with Crippen molar-refractivity contribution >= 4 is 7.28 Å². The molecule has 17 heavy (non-hydrogen) atoms. The molecule has 3 heteroatoms. The molecule has 2 rings (SSSR count). The van der Waals surface area contributed by atoms with Gasteiger partial charge in [0, 0.05) is 12.0 Å². The molecule has 1 aromatic heterocycles. The van der Waals surface area contributed by atoms with Crippen LogP contribution in [0.5, 0.6) is 0 Å². The molecule has 0 saturated heterocycles. The molecule has 0 spiro atoms. The summed E-state index contributed by atoms with van der Waals surface area (Å²) in [6.45, 7) is 6.94. The van der Waals surface area contributed by atoms with Gasteiger partial charge in [-0.15, -0.1) is 0 Å². The van der Waals surface area contributed by atoms with Crippen molar-refractivity contribution in [2.75, 3.05) is 0 Å². The first-order valence-corrected chi connectivity index (χ1v) is 7.21. The van der Waals surface area contributed by atoms with Crippen molar-refractivity contribution in [2.45, 2.75) is 65.0 Å². The van der Waals surface area contributed by atoms with E-state index in [-0.39, 0.29) is 0 Å². The molecule has 0 saturated carbocycles. The molecule has 2 atom stereocenters. The Balaban J connectivity index is 2.31. The summed E-state index contributed by atoms with van der Waals surface area (Å²) < 4.78 is 5.60. The van der Waals surface area contributed by atoms with Crippen LogP contribution in [0.3, 0.4) is 0 Å². The van der Waals surface area contributed by atoms with Crippen LogP contribution >= 0.6 is 0 Å². The molecule has 1 aliphatic heterocycles. The summed E-state index contributed by atoms with van der Waals surface area (Å²) in [5.41, 5.74) is 2.67. The molecule has 94 valence electrons. The van der Waals surface area contributed by atoms with Crippen molar-refractivity contribution in [3.05, 3.63) is 17.0 Å². The maximum absolute atomic E-state index is 5.60. The van der Waals surface area contributed by atoms with Gasteiger partial charge in [-0.2, -0.15) is 0 Å². The van der Waals surface area contributed by atoms with Gasteiger partial charge in [-0.25, -0.2) is 0 Å². The third kappa shape index (κ3) is 2.75. The van der Waals surface area contributed by atoms with Crippen LogP contribution in [0.25, 0.3) is 0 Å². The molecule has 1 aromatic rings. The lowest BCUT2D eigenvalue weighted by molar-refractivity contribution is 0.373. The molecular formula is C14H24BNO. The third-order valence-electron chi connectivity index (χ3n) is 4.24. The van der Waals surface area contributed by atoms with E-state index < -0.39 is 0 Å². The van der Waals surface area contributed by atoms with E-state index >= 15 is 0 Å². The summed E-state index contributed by atoms with van der Waals surface area (Å²) in [6.07, 6.45) is 7.24. The van der Waals surface area contributed by atoms with Crippen LogP contribution in [-0.4, -0.2) is 12.4 Å². The number of hydrogen-bond donors (Lipinski definition) is 0. The van der Waals surface area contributed by atoms with Crippen molar-refractivity contribution in [1.82, 2.24) is 5.16 Å². The van der Waals surface area contributed by atoms with Crippen LogP contribution < -0.4 is 0 Å². The number of rotatable bonds is 2. The van der Waals surface area contributed by atoms with E-state index in [1.807, 2.05) is 0 Å². The summed E-state index contributed by atoms with van der Waals surface area (Å²) in [5, 5.41) is 4.31. The molecule has 0 radical (unpaired) electrons. The highest BCUT2D eigenvalue weighted by atomic mass is 16.5. The second kappa shape index (κ2) is 5.75. The molecule has 2 nitrogen and oxygen atoms in total. The maximum atomic E-state index is 5.60. The van der Waals surface area contributed by atoms with Crippen molar-refractivity contribution in [2.24, 2.45) is 5.92 Å². The molecule has 0 N–H and O–H groups in total. The molecule has 2 heterocycles. The van der Waals surface area contributed by atoms with Crippen LogP contribution in [0.1, 0.15) is 56.5 Å². The Morgan fingerprint density at radius 3 is 3.00 bits per heavy atom. The summed E-state index contributed by atoms with van der Waals surface area (Å²) >= 11 is 0. The first kappa shape index (κ1) is 12.7. The van der Waals surface area contributed by atoms with Gasteiger partial charge in [-0.1, -0.05) is 51.4 Å². The number of fused-ring (bicyclic) bond motifs is 1. The lowest BCUT2D eigenvalue weighted by atomic mass is 9.64. The van der Waals surface area contributed by atoms with Gasteiger partial charge in [0.2, 0.25) is 0 Å². The average molecular weight is 233 g/mol. The van der Waals surface area contributed by atoms with E-state index in [9.17, 15) is 0 Å². The van der Waals surface area contributed by atoms with Crippen LogP contribution in [0, 0.1) is 5.92 Å². The van der Waals surface area contributed by atoms with E-state index in [1.165, 1.54) is 43.4 Å². The zero-order valence-corrected chi connectivity index (χ0v) is 11.5. The molecular weight excluding hydrogens is 209 g/mol. The quantitative estimate of drug-likeness (QED) is 0.729. The fourth-order valence-corrected chi connectivity index (χ4v) is 2.95. The van der Waals surface area contributed by atoms with Crippen LogP contribution in [0.2, 0.25) is 12.6 Å². The molecule has 0 amide bonds. The molecule has 1 aliphatic rings. The highest BCUT2D eigenvalue weighted by molar-refractivity contribution is 6.35. The number of aryl methyl sites for hydroxylation is 2. The second-order valence-corrected chi connectivity index (χ2v) is 5.58. The smallest absolute Gasteiger partial charge is 0.140 e. The summed E-state index contributed by atoms with van der Waals surface area (Å²) in [4.78, 5) is 0. The minimum absolute atomic E-state index is 0.607. The van der Waals surface area contributed by atoms with Gasteiger partial charge in [-0.3, -0.25) is 0 Å². The lowest BCUT2D eigenvalue weighted by Gasteiger charge is -2.19. The third-order valence-corrected chi connectivity index (χ3v) is 4.24.